The van der Waals surface area contributed by atoms with Gasteiger partial charge in [-0.05, 0) is 36.8 Å². The van der Waals surface area contributed by atoms with Crippen LogP contribution in [0.3, 0.4) is 0 Å². The number of aryl methyl sites for hydroxylation is 2. The van der Waals surface area contributed by atoms with Gasteiger partial charge in [-0.3, -0.25) is 13.9 Å². The first-order valence-corrected chi connectivity index (χ1v) is 7.21. The molecule has 0 fully saturated rings. The Morgan fingerprint density at radius 3 is 2.57 bits per heavy atom. The van der Waals surface area contributed by atoms with E-state index >= 15 is 0 Å². The van der Waals surface area contributed by atoms with Crippen molar-refractivity contribution in [2.75, 3.05) is 5.32 Å². The van der Waals surface area contributed by atoms with Gasteiger partial charge >= 0.3 is 5.69 Å². The highest BCUT2D eigenvalue weighted by atomic mass is 16.3. The van der Waals surface area contributed by atoms with Gasteiger partial charge in [0.1, 0.15) is 12.3 Å². The van der Waals surface area contributed by atoms with Gasteiger partial charge in [-0.1, -0.05) is 18.2 Å². The van der Waals surface area contributed by atoms with Crippen molar-refractivity contribution in [3.8, 4) is 5.75 Å². The van der Waals surface area contributed by atoms with Gasteiger partial charge in [-0.2, -0.15) is 0 Å². The topological polar surface area (TPSA) is 76.3 Å². The maximum atomic E-state index is 12.3. The van der Waals surface area contributed by atoms with Crippen molar-refractivity contribution in [3.63, 3.8) is 0 Å². The summed E-state index contributed by atoms with van der Waals surface area (Å²) < 4.78 is 2.92. The molecular weight excluding hydrogens is 294 g/mol. The number of nitrogens with one attached hydrogen (secondary N) is 1. The normalized spacial score (nSPS) is 10.9. The van der Waals surface area contributed by atoms with E-state index in [1.54, 1.807) is 31.3 Å². The third-order valence-corrected chi connectivity index (χ3v) is 3.78. The van der Waals surface area contributed by atoms with Crippen LogP contribution in [0.25, 0.3) is 11.0 Å². The van der Waals surface area contributed by atoms with Crippen molar-refractivity contribution in [1.82, 2.24) is 9.13 Å². The zero-order chi connectivity index (χ0) is 16.6. The third-order valence-electron chi connectivity index (χ3n) is 3.78. The average Bonchev–Trinajstić information content (AvgIpc) is 2.76. The van der Waals surface area contributed by atoms with Crippen molar-refractivity contribution in [1.29, 1.82) is 0 Å². The SMILES string of the molecule is Cc1ccc(NC(=O)Cn2c(=O)n(C)c3ccccc32)c(O)c1. The van der Waals surface area contributed by atoms with E-state index in [-0.39, 0.29) is 23.9 Å². The summed E-state index contributed by atoms with van der Waals surface area (Å²) in [6.07, 6.45) is 0. The number of rotatable bonds is 3. The molecule has 0 unspecified atom stereocenters. The Bertz CT molecular complexity index is 953. The number of phenolic OH excluding ortho intramolecular Hbond substituents is 1. The van der Waals surface area contributed by atoms with Crippen molar-refractivity contribution < 1.29 is 9.90 Å². The molecule has 118 valence electrons. The van der Waals surface area contributed by atoms with Crippen LogP contribution < -0.4 is 11.0 Å². The third kappa shape index (κ3) is 2.70. The Kier molecular flexibility index (Phi) is 3.65. The molecule has 0 aliphatic rings. The lowest BCUT2D eigenvalue weighted by atomic mass is 10.2. The molecule has 0 atom stereocenters. The molecule has 23 heavy (non-hydrogen) atoms. The predicted octanol–water partition coefficient (Wildman–Crippen LogP) is 1.99. The molecule has 3 rings (SSSR count). The van der Waals surface area contributed by atoms with E-state index in [9.17, 15) is 14.7 Å². The quantitative estimate of drug-likeness (QED) is 0.726. The fraction of sp³-hybridized carbons (Fsp3) is 0.176. The Morgan fingerprint density at radius 2 is 1.87 bits per heavy atom. The van der Waals surface area contributed by atoms with Gasteiger partial charge < -0.3 is 10.4 Å². The second-order valence-electron chi connectivity index (χ2n) is 5.49. The van der Waals surface area contributed by atoms with E-state index in [1.165, 1.54) is 9.13 Å². The fourth-order valence-corrected chi connectivity index (χ4v) is 2.60. The van der Waals surface area contributed by atoms with Gasteiger partial charge in [0.05, 0.1) is 16.7 Å². The second-order valence-corrected chi connectivity index (χ2v) is 5.49. The minimum atomic E-state index is -0.373. The summed E-state index contributed by atoms with van der Waals surface area (Å²) in [5, 5.41) is 12.5. The number of hydrogen-bond donors (Lipinski definition) is 2. The summed E-state index contributed by atoms with van der Waals surface area (Å²) in [6.45, 7) is 1.73. The highest BCUT2D eigenvalue weighted by Crippen LogP contribution is 2.23. The van der Waals surface area contributed by atoms with Crippen LogP contribution in [0.15, 0.2) is 47.3 Å². The summed E-state index contributed by atoms with van der Waals surface area (Å²) in [5.41, 5.74) is 2.43. The molecule has 1 aromatic heterocycles. The largest absolute Gasteiger partial charge is 0.506 e. The lowest BCUT2D eigenvalue weighted by Crippen LogP contribution is -2.28. The molecule has 0 aliphatic heterocycles. The van der Waals surface area contributed by atoms with Crippen LogP contribution in [0.5, 0.6) is 5.75 Å². The molecule has 2 N–H and O–H groups in total. The number of carbonyl (C=O) groups excluding carboxylic acids is 1. The number of nitrogens with zero attached hydrogens (tertiary/aromatic N) is 2. The summed E-state index contributed by atoms with van der Waals surface area (Å²) in [4.78, 5) is 24.5. The van der Waals surface area contributed by atoms with E-state index in [0.717, 1.165) is 11.1 Å². The van der Waals surface area contributed by atoms with Gasteiger partial charge in [0.2, 0.25) is 5.91 Å². The van der Waals surface area contributed by atoms with Crippen molar-refractivity contribution >= 4 is 22.6 Å². The van der Waals surface area contributed by atoms with Crippen LogP contribution in [-0.4, -0.2) is 20.1 Å². The summed E-state index contributed by atoms with van der Waals surface area (Å²) in [7, 11) is 1.67. The first-order chi connectivity index (χ1) is 11.0. The van der Waals surface area contributed by atoms with Crippen LogP contribution >= 0.6 is 0 Å². The van der Waals surface area contributed by atoms with Gasteiger partial charge in [-0.15, -0.1) is 0 Å². The number of amides is 1. The van der Waals surface area contributed by atoms with E-state index in [2.05, 4.69) is 5.32 Å². The number of anilines is 1. The van der Waals surface area contributed by atoms with E-state index in [4.69, 9.17) is 0 Å². The summed E-state index contributed by atoms with van der Waals surface area (Å²) in [5.74, 6) is -0.369. The number of phenols is 1. The van der Waals surface area contributed by atoms with Crippen LogP contribution in [0.1, 0.15) is 5.56 Å². The van der Waals surface area contributed by atoms with Gasteiger partial charge in [0.25, 0.3) is 0 Å². The zero-order valence-electron chi connectivity index (χ0n) is 12.9. The number of aromatic hydroxyl groups is 1. The van der Waals surface area contributed by atoms with Gasteiger partial charge in [0.15, 0.2) is 0 Å². The average molecular weight is 311 g/mol. The maximum Gasteiger partial charge on any atom is 0.329 e. The van der Waals surface area contributed by atoms with Crippen LogP contribution in [0.4, 0.5) is 5.69 Å². The molecule has 0 saturated heterocycles. The predicted molar refractivity (Wildman–Crippen MR) is 88.7 cm³/mol. The van der Waals surface area contributed by atoms with Crippen LogP contribution in [0, 0.1) is 6.92 Å². The summed E-state index contributed by atoms with van der Waals surface area (Å²) >= 11 is 0. The molecule has 6 heteroatoms. The molecule has 6 nitrogen and oxygen atoms in total. The van der Waals surface area contributed by atoms with Crippen LogP contribution in [0.2, 0.25) is 0 Å². The highest BCUT2D eigenvalue weighted by Gasteiger charge is 2.14. The standard InChI is InChI=1S/C17H17N3O3/c1-11-7-8-12(15(21)9-11)18-16(22)10-20-14-6-4-3-5-13(14)19(2)17(20)23/h3-9,21H,10H2,1-2H3,(H,18,22). The fourth-order valence-electron chi connectivity index (χ4n) is 2.60. The zero-order valence-corrected chi connectivity index (χ0v) is 12.9. The molecule has 3 aromatic rings. The Hall–Kier alpha value is -3.02. The lowest BCUT2D eigenvalue weighted by molar-refractivity contribution is -0.116. The lowest BCUT2D eigenvalue weighted by Gasteiger charge is -2.08. The Balaban J connectivity index is 1.89. The maximum absolute atomic E-state index is 12.3. The number of carbonyl (C=O) groups is 1. The molecule has 1 heterocycles. The second kappa shape index (κ2) is 5.64. The smallest absolute Gasteiger partial charge is 0.329 e. The molecule has 0 bridgehead atoms. The minimum absolute atomic E-state index is 0.00335. The van der Waals surface area contributed by atoms with E-state index < -0.39 is 0 Å². The van der Waals surface area contributed by atoms with E-state index in [0.29, 0.717) is 11.2 Å². The van der Waals surface area contributed by atoms with E-state index in [1.807, 2.05) is 25.1 Å². The number of imidazole rings is 1. The summed E-state index contributed by atoms with van der Waals surface area (Å²) in [6, 6.07) is 12.3. The highest BCUT2D eigenvalue weighted by molar-refractivity contribution is 5.93. The number of fused-ring (bicyclic) bond motifs is 1. The molecule has 2 aromatic carbocycles. The first kappa shape index (κ1) is 14.9. The molecular formula is C17H17N3O3. The first-order valence-electron chi connectivity index (χ1n) is 7.21. The molecule has 0 saturated carbocycles. The molecule has 0 radical (unpaired) electrons. The van der Waals surface area contributed by atoms with Crippen LogP contribution in [-0.2, 0) is 18.4 Å². The van der Waals surface area contributed by atoms with Crippen molar-refractivity contribution in [2.45, 2.75) is 13.5 Å². The van der Waals surface area contributed by atoms with Crippen molar-refractivity contribution in [3.05, 3.63) is 58.5 Å². The van der Waals surface area contributed by atoms with Crippen molar-refractivity contribution in [2.24, 2.45) is 7.05 Å². The minimum Gasteiger partial charge on any atom is -0.506 e. The number of aromatic nitrogens is 2. The molecule has 0 aliphatic carbocycles. The Morgan fingerprint density at radius 1 is 1.17 bits per heavy atom. The van der Waals surface area contributed by atoms with Gasteiger partial charge in [-0.25, -0.2) is 4.79 Å². The number of hydrogen-bond acceptors (Lipinski definition) is 3. The monoisotopic (exact) mass is 311 g/mol. The number of para-hydroxylation sites is 2. The Labute approximate surface area is 132 Å². The van der Waals surface area contributed by atoms with Gasteiger partial charge in [0, 0.05) is 7.05 Å². The number of benzene rings is 2. The molecule has 0 spiro atoms. The molecule has 1 amide bonds.